The van der Waals surface area contributed by atoms with Gasteiger partial charge in [-0.15, -0.1) is 0 Å². The van der Waals surface area contributed by atoms with Crippen molar-refractivity contribution in [2.24, 2.45) is 0 Å². The van der Waals surface area contributed by atoms with Gasteiger partial charge in [-0.2, -0.15) is 0 Å². The van der Waals surface area contributed by atoms with E-state index in [9.17, 15) is 4.79 Å². The molecular formula is C12H12N2O4. The Balaban J connectivity index is 1.95. The highest BCUT2D eigenvalue weighted by Crippen LogP contribution is 2.34. The summed E-state index contributed by atoms with van der Waals surface area (Å²) >= 11 is 0. The van der Waals surface area contributed by atoms with E-state index in [1.165, 1.54) is 0 Å². The Kier molecular flexibility index (Phi) is 2.64. The van der Waals surface area contributed by atoms with Crippen LogP contribution in [0.3, 0.4) is 0 Å². The number of ether oxygens (including phenoxy) is 2. The Hall–Kier alpha value is -2.08. The first kappa shape index (κ1) is 11.0. The molecule has 2 aliphatic heterocycles. The van der Waals surface area contributed by atoms with Crippen molar-refractivity contribution in [1.82, 2.24) is 10.5 Å². The molecule has 0 fully saturated rings. The van der Waals surface area contributed by atoms with E-state index in [1.807, 2.05) is 6.07 Å². The van der Waals surface area contributed by atoms with Crippen LogP contribution in [0.2, 0.25) is 0 Å². The van der Waals surface area contributed by atoms with Crippen molar-refractivity contribution < 1.29 is 19.1 Å². The summed E-state index contributed by atoms with van der Waals surface area (Å²) in [5.41, 5.74) is 4.82. The number of rotatable bonds is 2. The van der Waals surface area contributed by atoms with E-state index in [0.717, 1.165) is 5.57 Å². The van der Waals surface area contributed by atoms with Gasteiger partial charge in [0.2, 0.25) is 6.10 Å². The number of nitrogens with zero attached hydrogens (tertiary/aromatic N) is 1. The third kappa shape index (κ3) is 1.62. The fourth-order valence-electron chi connectivity index (χ4n) is 1.99. The van der Waals surface area contributed by atoms with Crippen LogP contribution >= 0.6 is 0 Å². The monoisotopic (exact) mass is 248 g/mol. The van der Waals surface area contributed by atoms with Crippen LogP contribution in [0.5, 0.6) is 5.75 Å². The summed E-state index contributed by atoms with van der Waals surface area (Å²) in [6.45, 7) is 2.37. The highest BCUT2D eigenvalue weighted by molar-refractivity contribution is 5.85. The summed E-state index contributed by atoms with van der Waals surface area (Å²) in [5, 5.41) is 0. The van der Waals surface area contributed by atoms with E-state index in [1.54, 1.807) is 19.2 Å². The Morgan fingerprint density at radius 3 is 3.39 bits per heavy atom. The van der Waals surface area contributed by atoms with Crippen molar-refractivity contribution in [2.75, 3.05) is 13.2 Å². The lowest BCUT2D eigenvalue weighted by Crippen LogP contribution is -2.29. The first-order valence-corrected chi connectivity index (χ1v) is 5.70. The van der Waals surface area contributed by atoms with Crippen molar-refractivity contribution in [1.29, 1.82) is 0 Å². The third-order valence-electron chi connectivity index (χ3n) is 2.81. The molecular weight excluding hydrogens is 236 g/mol. The summed E-state index contributed by atoms with van der Waals surface area (Å²) in [7, 11) is 0. The van der Waals surface area contributed by atoms with Gasteiger partial charge in [-0.25, -0.2) is 4.79 Å². The number of aromatic nitrogens is 1. The van der Waals surface area contributed by atoms with Gasteiger partial charge in [0.25, 0.3) is 0 Å². The lowest BCUT2D eigenvalue weighted by Gasteiger charge is -2.18. The van der Waals surface area contributed by atoms with Gasteiger partial charge in [0, 0.05) is 11.8 Å². The third-order valence-corrected chi connectivity index (χ3v) is 2.81. The highest BCUT2D eigenvalue weighted by atomic mass is 16.7. The Bertz CT molecular complexity index is 527. The minimum atomic E-state index is -0.755. The predicted molar refractivity (Wildman–Crippen MR) is 61.3 cm³/mol. The van der Waals surface area contributed by atoms with Crippen LogP contribution in [-0.2, 0) is 14.4 Å². The second-order valence-corrected chi connectivity index (χ2v) is 3.89. The SMILES string of the molecule is CCOC(=O)C1ONC2=C1COc1cccnc12. The van der Waals surface area contributed by atoms with Gasteiger partial charge in [0.1, 0.15) is 18.1 Å². The van der Waals surface area contributed by atoms with E-state index >= 15 is 0 Å². The zero-order valence-electron chi connectivity index (χ0n) is 9.80. The average molecular weight is 248 g/mol. The molecule has 2 aliphatic rings. The van der Waals surface area contributed by atoms with Gasteiger partial charge in [-0.1, -0.05) is 0 Å². The summed E-state index contributed by atoms with van der Waals surface area (Å²) in [6, 6.07) is 3.62. The van der Waals surface area contributed by atoms with Crippen molar-refractivity contribution in [2.45, 2.75) is 13.0 Å². The lowest BCUT2D eigenvalue weighted by molar-refractivity contribution is -0.155. The lowest BCUT2D eigenvalue weighted by atomic mass is 10.0. The normalized spacial score (nSPS) is 20.6. The molecule has 6 nitrogen and oxygen atoms in total. The molecule has 0 amide bonds. The molecule has 6 heteroatoms. The first-order chi connectivity index (χ1) is 8.81. The molecule has 1 aromatic rings. The van der Waals surface area contributed by atoms with Gasteiger partial charge >= 0.3 is 5.97 Å². The molecule has 0 aliphatic carbocycles. The second-order valence-electron chi connectivity index (χ2n) is 3.89. The number of fused-ring (bicyclic) bond motifs is 2. The van der Waals surface area contributed by atoms with Gasteiger partial charge in [0.15, 0.2) is 0 Å². The molecule has 1 N–H and O–H groups in total. The number of pyridine rings is 1. The van der Waals surface area contributed by atoms with Gasteiger partial charge in [-0.05, 0) is 19.1 Å². The highest BCUT2D eigenvalue weighted by Gasteiger charge is 2.38. The standard InChI is InChI=1S/C12H12N2O4/c1-2-16-12(15)11-7-6-17-8-4-3-5-13-10(8)9(7)14-18-11/h3-5,11,14H,2,6H2,1H3. The number of hydroxylamine groups is 1. The number of esters is 1. The van der Waals surface area contributed by atoms with Crippen LogP contribution in [0, 0.1) is 0 Å². The molecule has 0 saturated heterocycles. The van der Waals surface area contributed by atoms with Gasteiger partial charge in [-0.3, -0.25) is 15.3 Å². The van der Waals surface area contributed by atoms with Crippen LogP contribution in [-0.4, -0.2) is 30.3 Å². The smallest absolute Gasteiger partial charge is 0.342 e. The van der Waals surface area contributed by atoms with Crippen LogP contribution in [0.1, 0.15) is 12.6 Å². The average Bonchev–Trinajstić information content (AvgIpc) is 2.83. The Morgan fingerprint density at radius 1 is 1.67 bits per heavy atom. The first-order valence-electron chi connectivity index (χ1n) is 5.70. The number of hydrogen-bond donors (Lipinski definition) is 1. The molecule has 0 aromatic carbocycles. The Labute approximate surface area is 104 Å². The second kappa shape index (κ2) is 4.30. The van der Waals surface area contributed by atoms with Crippen molar-refractivity contribution in [3.05, 3.63) is 29.6 Å². The summed E-state index contributed by atoms with van der Waals surface area (Å²) in [4.78, 5) is 21.2. The van der Waals surface area contributed by atoms with Crippen molar-refractivity contribution >= 4 is 11.7 Å². The maximum absolute atomic E-state index is 11.7. The van der Waals surface area contributed by atoms with E-state index < -0.39 is 12.1 Å². The molecule has 0 spiro atoms. The number of nitrogens with one attached hydrogen (secondary N) is 1. The summed E-state index contributed by atoms with van der Waals surface area (Å²) < 4.78 is 10.5. The fourth-order valence-corrected chi connectivity index (χ4v) is 1.99. The number of hydrogen-bond acceptors (Lipinski definition) is 6. The zero-order chi connectivity index (χ0) is 12.5. The number of carbonyl (C=O) groups is 1. The maximum Gasteiger partial charge on any atom is 0.342 e. The zero-order valence-corrected chi connectivity index (χ0v) is 9.80. The van der Waals surface area contributed by atoms with Gasteiger partial charge in [0.05, 0.1) is 12.3 Å². The molecule has 3 heterocycles. The topological polar surface area (TPSA) is 69.7 Å². The summed E-state index contributed by atoms with van der Waals surface area (Å²) in [5.74, 6) is 0.259. The quantitative estimate of drug-likeness (QED) is 0.775. The van der Waals surface area contributed by atoms with Crippen molar-refractivity contribution in [3.63, 3.8) is 0 Å². The number of carbonyl (C=O) groups excluding carboxylic acids is 1. The minimum absolute atomic E-state index is 0.296. The Morgan fingerprint density at radius 2 is 2.56 bits per heavy atom. The van der Waals surface area contributed by atoms with Crippen molar-refractivity contribution in [3.8, 4) is 5.75 Å². The van der Waals surface area contributed by atoms with Crippen LogP contribution in [0.25, 0.3) is 5.70 Å². The molecule has 18 heavy (non-hydrogen) atoms. The largest absolute Gasteiger partial charge is 0.487 e. The van der Waals surface area contributed by atoms with Gasteiger partial charge < -0.3 is 9.47 Å². The minimum Gasteiger partial charge on any atom is -0.487 e. The van der Waals surface area contributed by atoms with E-state index in [-0.39, 0.29) is 0 Å². The molecule has 0 saturated carbocycles. The van der Waals surface area contributed by atoms with Crippen LogP contribution in [0.15, 0.2) is 23.9 Å². The summed E-state index contributed by atoms with van der Waals surface area (Å²) in [6.07, 6.45) is 0.910. The molecule has 1 unspecified atom stereocenters. The van der Waals surface area contributed by atoms with E-state index in [4.69, 9.17) is 14.3 Å². The molecule has 0 bridgehead atoms. The van der Waals surface area contributed by atoms with Crippen LogP contribution < -0.4 is 10.2 Å². The molecule has 1 atom stereocenters. The molecule has 0 radical (unpaired) electrons. The van der Waals surface area contributed by atoms with E-state index in [2.05, 4.69) is 10.5 Å². The molecule has 3 rings (SSSR count). The molecule has 94 valence electrons. The van der Waals surface area contributed by atoms with Crippen LogP contribution in [0.4, 0.5) is 0 Å². The molecule has 1 aromatic heterocycles. The fraction of sp³-hybridized carbons (Fsp3) is 0.333. The van der Waals surface area contributed by atoms with E-state index in [0.29, 0.717) is 30.4 Å². The predicted octanol–water partition coefficient (Wildman–Crippen LogP) is 0.652. The maximum atomic E-state index is 11.7.